The third kappa shape index (κ3) is 2.19. The van der Waals surface area contributed by atoms with Crippen LogP contribution in [0.3, 0.4) is 0 Å². The zero-order valence-electron chi connectivity index (χ0n) is 6.90. The number of urea groups is 1. The third-order valence-electron chi connectivity index (χ3n) is 1.25. The fraction of sp³-hybridized carbons (Fsp3) is 0.167. The van der Waals surface area contributed by atoms with Gasteiger partial charge >= 0.3 is 6.03 Å². The monoisotopic (exact) mass is 183 g/mol. The maximum atomic E-state index is 10.8. The lowest BCUT2D eigenvalue weighted by atomic mass is 10.5. The number of nitrogens with one attached hydrogen (secondary N) is 2. The molecule has 2 amide bonds. The second-order valence-corrected chi connectivity index (χ2v) is 2.18. The summed E-state index contributed by atoms with van der Waals surface area (Å²) in [4.78, 5) is 17.9. The summed E-state index contributed by atoms with van der Waals surface area (Å²) in [6.07, 6.45) is 1.20. The molecule has 0 saturated heterocycles. The van der Waals surface area contributed by atoms with E-state index >= 15 is 0 Å². The summed E-state index contributed by atoms with van der Waals surface area (Å²) in [5.74, 6) is -0.368. The van der Waals surface area contributed by atoms with Gasteiger partial charge in [0.15, 0.2) is 0 Å². The highest BCUT2D eigenvalue weighted by Crippen LogP contribution is 2.15. The van der Waals surface area contributed by atoms with Crippen LogP contribution < -0.4 is 16.4 Å². The Hall–Kier alpha value is -2.05. The minimum Gasteiger partial charge on any atom is -0.492 e. The number of amides is 2. The first-order valence-corrected chi connectivity index (χ1v) is 3.43. The van der Waals surface area contributed by atoms with E-state index in [1.54, 1.807) is 0 Å². The number of nitrogens with zero attached hydrogens (tertiary/aromatic N) is 2. The van der Waals surface area contributed by atoms with Gasteiger partial charge in [0.2, 0.25) is 11.8 Å². The molecule has 1 heterocycles. The number of carbonyl (C=O) groups excluding carboxylic acids is 1. The fourth-order valence-electron chi connectivity index (χ4n) is 0.606. The summed E-state index contributed by atoms with van der Waals surface area (Å²) < 4.78 is 0. The van der Waals surface area contributed by atoms with Crippen LogP contribution in [0.15, 0.2) is 6.20 Å². The SMILES string of the molecule is CNC(=O)Nc1ncc(N)c(O)n1. The minimum absolute atomic E-state index is 0.00829. The summed E-state index contributed by atoms with van der Waals surface area (Å²) in [5, 5.41) is 13.6. The van der Waals surface area contributed by atoms with Crippen LogP contribution >= 0.6 is 0 Å². The molecule has 0 bridgehead atoms. The van der Waals surface area contributed by atoms with Crippen molar-refractivity contribution in [2.24, 2.45) is 0 Å². The highest BCUT2D eigenvalue weighted by molar-refractivity contribution is 5.87. The van der Waals surface area contributed by atoms with Gasteiger partial charge in [0.25, 0.3) is 0 Å². The quantitative estimate of drug-likeness (QED) is 0.469. The van der Waals surface area contributed by atoms with Gasteiger partial charge in [-0.3, -0.25) is 5.32 Å². The number of hydrogen-bond acceptors (Lipinski definition) is 5. The molecule has 1 aromatic heterocycles. The lowest BCUT2D eigenvalue weighted by molar-refractivity contribution is 0.254. The molecule has 0 aliphatic rings. The Morgan fingerprint density at radius 1 is 1.69 bits per heavy atom. The Morgan fingerprint density at radius 2 is 2.38 bits per heavy atom. The van der Waals surface area contributed by atoms with Gasteiger partial charge in [0, 0.05) is 7.05 Å². The lowest BCUT2D eigenvalue weighted by Crippen LogP contribution is -2.25. The molecule has 70 valence electrons. The van der Waals surface area contributed by atoms with Gasteiger partial charge in [-0.05, 0) is 0 Å². The van der Waals surface area contributed by atoms with Gasteiger partial charge < -0.3 is 16.2 Å². The van der Waals surface area contributed by atoms with Crippen molar-refractivity contribution in [1.82, 2.24) is 15.3 Å². The van der Waals surface area contributed by atoms with Gasteiger partial charge in [-0.25, -0.2) is 9.78 Å². The molecule has 0 aliphatic heterocycles. The first-order valence-electron chi connectivity index (χ1n) is 3.43. The molecule has 7 heteroatoms. The van der Waals surface area contributed by atoms with E-state index in [9.17, 15) is 4.79 Å². The molecule has 0 unspecified atom stereocenters. The topological polar surface area (TPSA) is 113 Å². The fourth-order valence-corrected chi connectivity index (χ4v) is 0.606. The van der Waals surface area contributed by atoms with Crippen LogP contribution in [0.25, 0.3) is 0 Å². The van der Waals surface area contributed by atoms with Crippen molar-refractivity contribution >= 4 is 17.7 Å². The van der Waals surface area contributed by atoms with Gasteiger partial charge in [-0.2, -0.15) is 4.98 Å². The van der Waals surface area contributed by atoms with Gasteiger partial charge in [-0.15, -0.1) is 0 Å². The van der Waals surface area contributed by atoms with Crippen LogP contribution in [0.5, 0.6) is 5.88 Å². The second-order valence-electron chi connectivity index (χ2n) is 2.18. The Morgan fingerprint density at radius 3 is 2.92 bits per heavy atom. The average Bonchev–Trinajstić information content (AvgIpc) is 2.11. The van der Waals surface area contributed by atoms with E-state index in [1.807, 2.05) is 0 Å². The van der Waals surface area contributed by atoms with Crippen LogP contribution in [-0.4, -0.2) is 28.2 Å². The van der Waals surface area contributed by atoms with Crippen LogP contribution in [0.2, 0.25) is 0 Å². The molecule has 1 aromatic rings. The zero-order chi connectivity index (χ0) is 9.84. The normalized spacial score (nSPS) is 9.31. The van der Waals surface area contributed by atoms with Crippen molar-refractivity contribution in [1.29, 1.82) is 0 Å². The number of nitrogen functional groups attached to an aromatic ring is 1. The summed E-state index contributed by atoms with van der Waals surface area (Å²) in [5.41, 5.74) is 5.31. The van der Waals surface area contributed by atoms with Gasteiger partial charge in [0.1, 0.15) is 5.69 Å². The first-order chi connectivity index (χ1) is 6.13. The lowest BCUT2D eigenvalue weighted by Gasteiger charge is -2.02. The molecular formula is C6H9N5O2. The maximum Gasteiger partial charge on any atom is 0.321 e. The summed E-state index contributed by atoms with van der Waals surface area (Å²) in [6.45, 7) is 0. The number of aromatic hydroxyl groups is 1. The number of nitrogens with two attached hydrogens (primary N) is 1. The molecule has 0 radical (unpaired) electrons. The standard InChI is InChI=1S/C6H9N5O2/c1-8-6(13)11-5-9-2-3(7)4(12)10-5/h2H,7H2,1H3,(H3,8,9,10,11,12,13). The molecule has 0 saturated carbocycles. The summed E-state index contributed by atoms with van der Waals surface area (Å²) >= 11 is 0. The Labute approximate surface area is 74.0 Å². The maximum absolute atomic E-state index is 10.8. The smallest absolute Gasteiger partial charge is 0.321 e. The molecule has 5 N–H and O–H groups in total. The van der Waals surface area contributed by atoms with E-state index < -0.39 is 6.03 Å². The van der Waals surface area contributed by atoms with Crippen molar-refractivity contribution in [2.45, 2.75) is 0 Å². The van der Waals surface area contributed by atoms with Crippen LogP contribution in [-0.2, 0) is 0 Å². The average molecular weight is 183 g/mol. The number of aromatic nitrogens is 2. The van der Waals surface area contributed by atoms with E-state index in [4.69, 9.17) is 10.8 Å². The first kappa shape index (κ1) is 9.04. The molecule has 0 atom stereocenters. The molecule has 13 heavy (non-hydrogen) atoms. The Balaban J connectivity index is 2.79. The predicted molar refractivity (Wildman–Crippen MR) is 46.2 cm³/mol. The molecule has 0 fully saturated rings. The van der Waals surface area contributed by atoms with Crippen molar-refractivity contribution < 1.29 is 9.90 Å². The second kappa shape index (κ2) is 3.57. The van der Waals surface area contributed by atoms with Crippen molar-refractivity contribution in [3.05, 3.63) is 6.20 Å². The van der Waals surface area contributed by atoms with Crippen molar-refractivity contribution in [3.63, 3.8) is 0 Å². The highest BCUT2D eigenvalue weighted by Gasteiger charge is 2.04. The van der Waals surface area contributed by atoms with E-state index in [2.05, 4.69) is 20.6 Å². The van der Waals surface area contributed by atoms with E-state index in [0.29, 0.717) is 0 Å². The van der Waals surface area contributed by atoms with Gasteiger partial charge in [-0.1, -0.05) is 0 Å². The molecular weight excluding hydrogens is 174 g/mol. The Bertz CT molecular complexity index is 327. The molecule has 7 nitrogen and oxygen atoms in total. The van der Waals surface area contributed by atoms with Crippen molar-refractivity contribution in [2.75, 3.05) is 18.1 Å². The number of rotatable bonds is 1. The van der Waals surface area contributed by atoms with Crippen LogP contribution in [0.4, 0.5) is 16.4 Å². The Kier molecular flexibility index (Phi) is 2.48. The molecule has 0 aliphatic carbocycles. The van der Waals surface area contributed by atoms with Crippen LogP contribution in [0.1, 0.15) is 0 Å². The molecule has 0 aromatic carbocycles. The van der Waals surface area contributed by atoms with Crippen molar-refractivity contribution in [3.8, 4) is 5.88 Å². The summed E-state index contributed by atoms with van der Waals surface area (Å²) in [7, 11) is 1.45. The zero-order valence-corrected chi connectivity index (χ0v) is 6.90. The third-order valence-corrected chi connectivity index (χ3v) is 1.25. The largest absolute Gasteiger partial charge is 0.492 e. The van der Waals surface area contributed by atoms with E-state index in [-0.39, 0.29) is 17.5 Å². The van der Waals surface area contributed by atoms with E-state index in [0.717, 1.165) is 0 Å². The van der Waals surface area contributed by atoms with Gasteiger partial charge in [0.05, 0.1) is 6.20 Å². The predicted octanol–water partition coefficient (Wildman–Crippen LogP) is -0.484. The van der Waals surface area contributed by atoms with E-state index in [1.165, 1.54) is 13.2 Å². The molecule has 0 spiro atoms. The van der Waals surface area contributed by atoms with Crippen LogP contribution in [0, 0.1) is 0 Å². The molecule has 1 rings (SSSR count). The number of hydrogen-bond donors (Lipinski definition) is 4. The highest BCUT2D eigenvalue weighted by atomic mass is 16.3. The number of carbonyl (C=O) groups is 1. The minimum atomic E-state index is -0.468. The number of anilines is 2. The summed E-state index contributed by atoms with van der Waals surface area (Å²) in [6, 6.07) is -0.468.